The summed E-state index contributed by atoms with van der Waals surface area (Å²) in [5, 5.41) is 11.6. The molecule has 0 spiro atoms. The molecule has 0 N–H and O–H groups in total. The maximum absolute atomic E-state index is 12.3. The van der Waals surface area contributed by atoms with E-state index >= 15 is 0 Å². The van der Waals surface area contributed by atoms with Gasteiger partial charge in [-0.05, 0) is 24.3 Å². The lowest BCUT2D eigenvalue weighted by Crippen LogP contribution is -2.04. The number of para-hydroxylation sites is 1. The van der Waals surface area contributed by atoms with Gasteiger partial charge in [0.15, 0.2) is 0 Å². The van der Waals surface area contributed by atoms with Crippen LogP contribution in [0.2, 0.25) is 0 Å². The second kappa shape index (κ2) is 5.13. The molecule has 0 aliphatic carbocycles. The summed E-state index contributed by atoms with van der Waals surface area (Å²) in [7, 11) is 0. The highest BCUT2D eigenvalue weighted by molar-refractivity contribution is 6.08. The van der Waals surface area contributed by atoms with E-state index < -0.39 is 4.92 Å². The molecule has 0 radical (unpaired) electrons. The van der Waals surface area contributed by atoms with Gasteiger partial charge in [-0.25, -0.2) is 4.98 Å². The van der Waals surface area contributed by atoms with Crippen molar-refractivity contribution in [2.24, 2.45) is 0 Å². The minimum Gasteiger partial charge on any atom is -0.287 e. The van der Waals surface area contributed by atoms with Crippen molar-refractivity contribution in [3.05, 3.63) is 82.0 Å². The Kier molecular flexibility index (Phi) is 3.16. The average molecular weight is 278 g/mol. The SMILES string of the molecule is O=C(c1ccc([N+](=O)[O-])cc1)c1ccc2ccccc2n1. The first-order chi connectivity index (χ1) is 10.1. The third kappa shape index (κ3) is 2.49. The zero-order valence-electron chi connectivity index (χ0n) is 10.9. The molecule has 0 aliphatic heterocycles. The van der Waals surface area contributed by atoms with Gasteiger partial charge in [0, 0.05) is 23.1 Å². The number of nitrogens with zero attached hydrogens (tertiary/aromatic N) is 2. The van der Waals surface area contributed by atoms with E-state index in [1.807, 2.05) is 30.3 Å². The Morgan fingerprint density at radius 2 is 1.67 bits per heavy atom. The van der Waals surface area contributed by atoms with Crippen molar-refractivity contribution >= 4 is 22.4 Å². The lowest BCUT2D eigenvalue weighted by molar-refractivity contribution is -0.384. The molecule has 0 fully saturated rings. The average Bonchev–Trinajstić information content (AvgIpc) is 2.54. The molecular formula is C16H10N2O3. The molecule has 0 unspecified atom stereocenters. The number of pyridine rings is 1. The first kappa shape index (κ1) is 12.9. The Labute approximate surface area is 120 Å². The molecule has 3 aromatic rings. The van der Waals surface area contributed by atoms with Gasteiger partial charge in [0.2, 0.25) is 5.78 Å². The van der Waals surface area contributed by atoms with Gasteiger partial charge in [0.05, 0.1) is 10.4 Å². The fourth-order valence-electron chi connectivity index (χ4n) is 2.07. The van der Waals surface area contributed by atoms with Crippen LogP contribution in [0.25, 0.3) is 10.9 Å². The fraction of sp³-hybridized carbons (Fsp3) is 0. The molecule has 0 saturated carbocycles. The van der Waals surface area contributed by atoms with E-state index in [1.54, 1.807) is 6.07 Å². The monoisotopic (exact) mass is 278 g/mol. The normalized spacial score (nSPS) is 10.5. The summed E-state index contributed by atoms with van der Waals surface area (Å²) in [5.74, 6) is -0.254. The van der Waals surface area contributed by atoms with Crippen LogP contribution in [0, 0.1) is 10.1 Å². The zero-order chi connectivity index (χ0) is 14.8. The highest BCUT2D eigenvalue weighted by atomic mass is 16.6. The summed E-state index contributed by atoms with van der Waals surface area (Å²) in [5.41, 5.74) is 1.40. The van der Waals surface area contributed by atoms with Crippen LogP contribution in [0.15, 0.2) is 60.7 Å². The first-order valence-electron chi connectivity index (χ1n) is 6.30. The third-order valence-corrected chi connectivity index (χ3v) is 3.17. The Balaban J connectivity index is 1.97. The smallest absolute Gasteiger partial charge is 0.269 e. The topological polar surface area (TPSA) is 73.1 Å². The van der Waals surface area contributed by atoms with Crippen molar-refractivity contribution in [2.45, 2.75) is 0 Å². The molecule has 3 rings (SSSR count). The summed E-state index contributed by atoms with van der Waals surface area (Å²) in [6, 6.07) is 16.5. The van der Waals surface area contributed by atoms with Crippen molar-refractivity contribution in [1.82, 2.24) is 4.98 Å². The Bertz CT molecular complexity index is 842. The Morgan fingerprint density at radius 3 is 2.38 bits per heavy atom. The molecule has 2 aromatic carbocycles. The summed E-state index contributed by atoms with van der Waals surface area (Å²) in [4.78, 5) is 26.8. The lowest BCUT2D eigenvalue weighted by atomic mass is 10.1. The molecule has 0 aliphatic rings. The van der Waals surface area contributed by atoms with Gasteiger partial charge in [-0.15, -0.1) is 0 Å². The summed E-state index contributed by atoms with van der Waals surface area (Å²) >= 11 is 0. The van der Waals surface area contributed by atoms with Gasteiger partial charge in [0.25, 0.3) is 5.69 Å². The van der Waals surface area contributed by atoms with Crippen molar-refractivity contribution in [2.75, 3.05) is 0 Å². The number of aromatic nitrogens is 1. The molecule has 5 nitrogen and oxygen atoms in total. The van der Waals surface area contributed by atoms with E-state index in [-0.39, 0.29) is 11.5 Å². The fourth-order valence-corrected chi connectivity index (χ4v) is 2.07. The molecule has 0 atom stereocenters. The number of carbonyl (C=O) groups is 1. The molecule has 1 aromatic heterocycles. The van der Waals surface area contributed by atoms with Crippen LogP contribution in [-0.4, -0.2) is 15.7 Å². The molecule has 1 heterocycles. The van der Waals surface area contributed by atoms with E-state index in [4.69, 9.17) is 0 Å². The van der Waals surface area contributed by atoms with Crippen LogP contribution in [0.4, 0.5) is 5.69 Å². The second-order valence-electron chi connectivity index (χ2n) is 4.52. The molecule has 21 heavy (non-hydrogen) atoms. The lowest BCUT2D eigenvalue weighted by Gasteiger charge is -2.02. The quantitative estimate of drug-likeness (QED) is 0.418. The number of carbonyl (C=O) groups excluding carboxylic acids is 1. The molecule has 5 heteroatoms. The van der Waals surface area contributed by atoms with Gasteiger partial charge in [-0.1, -0.05) is 24.3 Å². The van der Waals surface area contributed by atoms with Crippen LogP contribution in [0.3, 0.4) is 0 Å². The predicted octanol–water partition coefficient (Wildman–Crippen LogP) is 3.37. The second-order valence-corrected chi connectivity index (χ2v) is 4.52. The number of nitro benzene ring substituents is 1. The molecular weight excluding hydrogens is 268 g/mol. The number of nitro groups is 1. The van der Waals surface area contributed by atoms with Gasteiger partial charge < -0.3 is 0 Å². The van der Waals surface area contributed by atoms with Crippen LogP contribution in [0.1, 0.15) is 16.1 Å². The Hall–Kier alpha value is -3.08. The third-order valence-electron chi connectivity index (χ3n) is 3.17. The van der Waals surface area contributed by atoms with E-state index in [0.29, 0.717) is 11.3 Å². The number of hydrogen-bond donors (Lipinski definition) is 0. The van der Waals surface area contributed by atoms with Gasteiger partial charge >= 0.3 is 0 Å². The molecule has 0 amide bonds. The van der Waals surface area contributed by atoms with Crippen molar-refractivity contribution < 1.29 is 9.72 Å². The molecule has 102 valence electrons. The van der Waals surface area contributed by atoms with Gasteiger partial charge in [-0.3, -0.25) is 14.9 Å². The van der Waals surface area contributed by atoms with Crippen molar-refractivity contribution in [1.29, 1.82) is 0 Å². The predicted molar refractivity (Wildman–Crippen MR) is 78.3 cm³/mol. The maximum atomic E-state index is 12.3. The molecule has 0 bridgehead atoms. The minimum atomic E-state index is -0.497. The van der Waals surface area contributed by atoms with E-state index in [2.05, 4.69) is 4.98 Å². The van der Waals surface area contributed by atoms with Crippen LogP contribution in [-0.2, 0) is 0 Å². The highest BCUT2D eigenvalue weighted by Gasteiger charge is 2.13. The highest BCUT2D eigenvalue weighted by Crippen LogP contribution is 2.17. The Morgan fingerprint density at radius 1 is 0.952 bits per heavy atom. The van der Waals surface area contributed by atoms with Crippen molar-refractivity contribution in [3.63, 3.8) is 0 Å². The van der Waals surface area contributed by atoms with Gasteiger partial charge in [0.1, 0.15) is 5.69 Å². The molecule has 0 saturated heterocycles. The largest absolute Gasteiger partial charge is 0.287 e. The first-order valence-corrected chi connectivity index (χ1v) is 6.30. The minimum absolute atomic E-state index is 0.0435. The number of hydrogen-bond acceptors (Lipinski definition) is 4. The number of fused-ring (bicyclic) bond motifs is 1. The summed E-state index contributed by atoms with van der Waals surface area (Å²) < 4.78 is 0. The van der Waals surface area contributed by atoms with Crippen LogP contribution in [0.5, 0.6) is 0 Å². The summed E-state index contributed by atoms with van der Waals surface area (Å²) in [6.07, 6.45) is 0. The van der Waals surface area contributed by atoms with Gasteiger partial charge in [-0.2, -0.15) is 0 Å². The number of benzene rings is 2. The maximum Gasteiger partial charge on any atom is 0.269 e. The van der Waals surface area contributed by atoms with E-state index in [9.17, 15) is 14.9 Å². The van der Waals surface area contributed by atoms with E-state index in [1.165, 1.54) is 24.3 Å². The standard InChI is InChI=1S/C16H10N2O3/c19-16(12-5-8-13(9-6-12)18(20)21)15-10-7-11-3-1-2-4-14(11)17-15/h1-10H. The van der Waals surface area contributed by atoms with Crippen LogP contribution >= 0.6 is 0 Å². The van der Waals surface area contributed by atoms with E-state index in [0.717, 1.165) is 10.9 Å². The van der Waals surface area contributed by atoms with Crippen LogP contribution < -0.4 is 0 Å². The number of rotatable bonds is 3. The number of ketones is 1. The number of non-ortho nitro benzene ring substituents is 1. The van der Waals surface area contributed by atoms with Crippen molar-refractivity contribution in [3.8, 4) is 0 Å². The zero-order valence-corrected chi connectivity index (χ0v) is 10.9. The summed E-state index contributed by atoms with van der Waals surface area (Å²) in [6.45, 7) is 0.